The summed E-state index contributed by atoms with van der Waals surface area (Å²) in [5.74, 6) is 0. The smallest absolute Gasteiger partial charge is 0.263 e. The van der Waals surface area contributed by atoms with E-state index in [4.69, 9.17) is 0 Å². The van der Waals surface area contributed by atoms with Gasteiger partial charge in [-0.2, -0.15) is 0 Å². The topological polar surface area (TPSA) is 50.3 Å². The lowest BCUT2D eigenvalue weighted by Crippen LogP contribution is -2.35. The van der Waals surface area contributed by atoms with Crippen LogP contribution < -0.4 is 4.31 Å². The number of thiazole rings is 1. The van der Waals surface area contributed by atoms with Crippen molar-refractivity contribution >= 4 is 38.4 Å². The van der Waals surface area contributed by atoms with Gasteiger partial charge in [-0.1, -0.05) is 18.2 Å². The van der Waals surface area contributed by atoms with Gasteiger partial charge in [-0.15, -0.1) is 22.7 Å². The molecule has 0 N–H and O–H groups in total. The van der Waals surface area contributed by atoms with E-state index in [2.05, 4.69) is 4.98 Å². The molecule has 0 radical (unpaired) electrons. The van der Waals surface area contributed by atoms with E-state index in [9.17, 15) is 8.42 Å². The van der Waals surface area contributed by atoms with E-state index < -0.39 is 10.0 Å². The maximum atomic E-state index is 13.4. The average molecular weight is 391 g/mol. The fraction of sp³-hybridized carbons (Fsp3) is 0.278. The second-order valence-electron chi connectivity index (χ2n) is 6.31. The van der Waals surface area contributed by atoms with E-state index in [1.54, 1.807) is 21.7 Å². The van der Waals surface area contributed by atoms with Crippen molar-refractivity contribution in [2.45, 2.75) is 38.1 Å². The molecule has 0 amide bonds. The number of nitrogens with zero attached hydrogens (tertiary/aromatic N) is 2. The predicted molar refractivity (Wildman–Crippen MR) is 104 cm³/mol. The number of hydrogen-bond donors (Lipinski definition) is 0. The van der Waals surface area contributed by atoms with Gasteiger partial charge in [0.15, 0.2) is 0 Å². The third-order valence-electron chi connectivity index (χ3n) is 4.38. The summed E-state index contributed by atoms with van der Waals surface area (Å²) in [6.07, 6.45) is 0.747. The van der Waals surface area contributed by atoms with Crippen LogP contribution in [0.5, 0.6) is 0 Å². The number of aryl methyl sites for hydroxylation is 2. The zero-order valence-electron chi connectivity index (χ0n) is 14.2. The Morgan fingerprint density at radius 1 is 1.24 bits per heavy atom. The quantitative estimate of drug-likeness (QED) is 0.655. The number of sulfonamides is 1. The second kappa shape index (κ2) is 5.93. The molecule has 0 bridgehead atoms. The first-order valence-electron chi connectivity index (χ1n) is 8.03. The molecular weight excluding hydrogens is 372 g/mol. The minimum atomic E-state index is -3.59. The number of benzene rings is 1. The lowest BCUT2D eigenvalue weighted by atomic mass is 10.1. The third kappa shape index (κ3) is 2.70. The molecule has 4 nitrogen and oxygen atoms in total. The molecule has 1 aromatic carbocycles. The van der Waals surface area contributed by atoms with Gasteiger partial charge < -0.3 is 0 Å². The molecule has 25 heavy (non-hydrogen) atoms. The SMILES string of the molecule is Cc1csc(-c2cc(S(=O)(=O)N3c4ccccc4CC3C)c(C)s2)n1. The molecule has 1 aliphatic rings. The Balaban J connectivity index is 1.80. The van der Waals surface area contributed by atoms with Crippen molar-refractivity contribution in [1.29, 1.82) is 0 Å². The number of fused-ring (bicyclic) bond motifs is 1. The molecule has 0 saturated heterocycles. The molecule has 3 heterocycles. The normalized spacial score (nSPS) is 17.1. The van der Waals surface area contributed by atoms with Gasteiger partial charge in [0, 0.05) is 22.0 Å². The third-order valence-corrected chi connectivity index (χ3v) is 8.75. The summed E-state index contributed by atoms with van der Waals surface area (Å²) in [5.41, 5.74) is 2.84. The molecule has 1 atom stereocenters. The van der Waals surface area contributed by atoms with Crippen LogP contribution in [0.25, 0.3) is 9.88 Å². The van der Waals surface area contributed by atoms with Crippen LogP contribution in [0.1, 0.15) is 23.1 Å². The minimum absolute atomic E-state index is 0.0766. The van der Waals surface area contributed by atoms with Crippen molar-refractivity contribution in [2.24, 2.45) is 0 Å². The molecule has 0 spiro atoms. The Morgan fingerprint density at radius 2 is 2.00 bits per heavy atom. The van der Waals surface area contributed by atoms with Crippen molar-refractivity contribution in [3.8, 4) is 9.88 Å². The van der Waals surface area contributed by atoms with Crippen LogP contribution in [0, 0.1) is 13.8 Å². The Labute approximate surface area is 155 Å². The number of para-hydroxylation sites is 1. The maximum Gasteiger partial charge on any atom is 0.265 e. The first-order chi connectivity index (χ1) is 11.9. The molecule has 0 aliphatic carbocycles. The lowest BCUT2D eigenvalue weighted by Gasteiger charge is -2.24. The van der Waals surface area contributed by atoms with Crippen LogP contribution >= 0.6 is 22.7 Å². The molecule has 4 rings (SSSR count). The highest BCUT2D eigenvalue weighted by Gasteiger charge is 2.37. The highest BCUT2D eigenvalue weighted by atomic mass is 32.2. The maximum absolute atomic E-state index is 13.4. The van der Waals surface area contributed by atoms with Crippen LogP contribution in [0.4, 0.5) is 5.69 Å². The van der Waals surface area contributed by atoms with Crippen molar-refractivity contribution in [3.63, 3.8) is 0 Å². The van der Waals surface area contributed by atoms with Crippen LogP contribution in [0.3, 0.4) is 0 Å². The van der Waals surface area contributed by atoms with Crippen LogP contribution in [-0.4, -0.2) is 19.4 Å². The van der Waals surface area contributed by atoms with Gasteiger partial charge in [-0.25, -0.2) is 13.4 Å². The summed E-state index contributed by atoms with van der Waals surface area (Å²) in [4.78, 5) is 6.60. The lowest BCUT2D eigenvalue weighted by molar-refractivity contribution is 0.584. The number of anilines is 1. The minimum Gasteiger partial charge on any atom is -0.263 e. The van der Waals surface area contributed by atoms with E-state index in [0.29, 0.717) is 4.90 Å². The first kappa shape index (κ1) is 16.8. The summed E-state index contributed by atoms with van der Waals surface area (Å²) >= 11 is 3.04. The van der Waals surface area contributed by atoms with E-state index >= 15 is 0 Å². The summed E-state index contributed by atoms with van der Waals surface area (Å²) in [5, 5.41) is 2.86. The number of thiophene rings is 1. The van der Waals surface area contributed by atoms with Crippen LogP contribution in [0.15, 0.2) is 40.6 Å². The van der Waals surface area contributed by atoms with Gasteiger partial charge in [0.1, 0.15) is 9.90 Å². The van der Waals surface area contributed by atoms with E-state index in [0.717, 1.165) is 38.1 Å². The molecule has 2 aromatic heterocycles. The molecule has 1 unspecified atom stereocenters. The van der Waals surface area contributed by atoms with Gasteiger partial charge in [-0.05, 0) is 44.9 Å². The van der Waals surface area contributed by atoms with Gasteiger partial charge in [0.25, 0.3) is 10.0 Å². The van der Waals surface area contributed by atoms with Crippen molar-refractivity contribution in [3.05, 3.63) is 51.8 Å². The van der Waals surface area contributed by atoms with E-state index in [-0.39, 0.29) is 6.04 Å². The Bertz CT molecular complexity index is 1050. The highest BCUT2D eigenvalue weighted by Crippen LogP contribution is 2.41. The summed E-state index contributed by atoms with van der Waals surface area (Å²) in [6.45, 7) is 5.78. The number of hydrogen-bond acceptors (Lipinski definition) is 5. The van der Waals surface area contributed by atoms with Crippen molar-refractivity contribution in [2.75, 3.05) is 4.31 Å². The standard InChI is InChI=1S/C18H18N2O2S3/c1-11-10-23-18(19-11)16-9-17(13(3)24-16)25(21,22)20-12(2)8-14-6-4-5-7-15(14)20/h4-7,9-10,12H,8H2,1-3H3. The molecular formula is C18H18N2O2S3. The molecule has 1 aliphatic heterocycles. The monoisotopic (exact) mass is 390 g/mol. The van der Waals surface area contributed by atoms with Crippen LogP contribution in [-0.2, 0) is 16.4 Å². The van der Waals surface area contributed by atoms with Gasteiger partial charge in [-0.3, -0.25) is 4.31 Å². The van der Waals surface area contributed by atoms with Gasteiger partial charge >= 0.3 is 0 Å². The molecule has 7 heteroatoms. The van der Waals surface area contributed by atoms with Gasteiger partial charge in [0.2, 0.25) is 0 Å². The Hall–Kier alpha value is -1.70. The zero-order valence-corrected chi connectivity index (χ0v) is 16.6. The molecule has 3 aromatic rings. The van der Waals surface area contributed by atoms with E-state index in [1.165, 1.54) is 11.3 Å². The molecule has 130 valence electrons. The van der Waals surface area contributed by atoms with Crippen molar-refractivity contribution in [1.82, 2.24) is 4.98 Å². The Kier molecular flexibility index (Phi) is 3.97. The number of rotatable bonds is 3. The molecule has 0 saturated carbocycles. The second-order valence-corrected chi connectivity index (χ2v) is 10.2. The first-order valence-corrected chi connectivity index (χ1v) is 11.2. The fourth-order valence-electron chi connectivity index (χ4n) is 3.30. The van der Waals surface area contributed by atoms with E-state index in [1.807, 2.05) is 50.4 Å². The fourth-order valence-corrected chi connectivity index (χ4v) is 7.42. The molecule has 0 fully saturated rings. The largest absolute Gasteiger partial charge is 0.265 e. The predicted octanol–water partition coefficient (Wildman–Crippen LogP) is 4.63. The van der Waals surface area contributed by atoms with Crippen LogP contribution in [0.2, 0.25) is 0 Å². The Morgan fingerprint density at radius 3 is 2.72 bits per heavy atom. The average Bonchev–Trinajstić information content (AvgIpc) is 3.23. The van der Waals surface area contributed by atoms with Gasteiger partial charge in [0.05, 0.1) is 10.6 Å². The summed E-state index contributed by atoms with van der Waals surface area (Å²) in [7, 11) is -3.59. The summed E-state index contributed by atoms with van der Waals surface area (Å²) in [6, 6.07) is 9.45. The summed E-state index contributed by atoms with van der Waals surface area (Å²) < 4.78 is 28.4. The highest BCUT2D eigenvalue weighted by molar-refractivity contribution is 7.93. The zero-order chi connectivity index (χ0) is 17.8. The van der Waals surface area contributed by atoms with Crippen molar-refractivity contribution < 1.29 is 8.42 Å². The number of aromatic nitrogens is 1.